The molecule has 0 unspecified atom stereocenters. The van der Waals surface area contributed by atoms with Gasteiger partial charge in [0.15, 0.2) is 11.7 Å². The van der Waals surface area contributed by atoms with Crippen molar-refractivity contribution in [1.29, 1.82) is 0 Å². The largest absolute Gasteiger partial charge is 0.441 e. The van der Waals surface area contributed by atoms with Gasteiger partial charge in [0.1, 0.15) is 5.75 Å². The van der Waals surface area contributed by atoms with Crippen molar-refractivity contribution >= 4 is 29.2 Å². The molecule has 1 aromatic heterocycles. The van der Waals surface area contributed by atoms with E-state index in [9.17, 15) is 9.59 Å². The Bertz CT molecular complexity index is 968. The first-order valence-corrected chi connectivity index (χ1v) is 8.67. The molecule has 3 rings (SSSR count). The summed E-state index contributed by atoms with van der Waals surface area (Å²) in [6.45, 7) is 1.41. The van der Waals surface area contributed by atoms with Crippen LogP contribution < -0.4 is 10.1 Å². The van der Waals surface area contributed by atoms with Gasteiger partial charge in [0.2, 0.25) is 5.91 Å². The van der Waals surface area contributed by atoms with Gasteiger partial charge in [0.05, 0.1) is 17.6 Å². The zero-order valence-corrected chi connectivity index (χ0v) is 15.3. The number of nitrogens with one attached hydrogen (secondary N) is 1. The molecule has 0 atom stereocenters. The van der Waals surface area contributed by atoms with Crippen molar-refractivity contribution in [2.24, 2.45) is 0 Å². The van der Waals surface area contributed by atoms with Gasteiger partial charge in [0.25, 0.3) is 0 Å². The molecule has 1 N–H and O–H groups in total. The maximum absolute atomic E-state index is 12.1. The predicted octanol–water partition coefficient (Wildman–Crippen LogP) is 4.49. The van der Waals surface area contributed by atoms with E-state index in [1.165, 1.54) is 6.92 Å². The minimum atomic E-state index is -0.424. The van der Waals surface area contributed by atoms with Gasteiger partial charge in [-0.15, -0.1) is 0 Å². The monoisotopic (exact) mass is 384 g/mol. The Morgan fingerprint density at radius 2 is 2.00 bits per heavy atom. The van der Waals surface area contributed by atoms with Crippen LogP contribution in [0.5, 0.6) is 5.75 Å². The van der Waals surface area contributed by atoms with Gasteiger partial charge in [0, 0.05) is 30.7 Å². The number of oxazole rings is 1. The molecule has 3 aromatic rings. The number of benzene rings is 2. The standard InChI is InChI=1S/C20H17ClN2O4/c1-13(24)23-14-5-4-6-15(11-14)26-20(25)10-9-19-22-12-18(27-19)16-7-2-3-8-17(16)21/h2-8,11-12H,9-10H2,1H3,(H,23,24). The van der Waals surface area contributed by atoms with Crippen molar-refractivity contribution in [2.75, 3.05) is 5.32 Å². The molecule has 1 amide bonds. The van der Waals surface area contributed by atoms with Crippen LogP contribution >= 0.6 is 11.6 Å². The lowest BCUT2D eigenvalue weighted by Crippen LogP contribution is -2.10. The fraction of sp³-hybridized carbons (Fsp3) is 0.150. The van der Waals surface area contributed by atoms with Crippen LogP contribution in [0.2, 0.25) is 5.02 Å². The van der Waals surface area contributed by atoms with Crippen LogP contribution in [0.15, 0.2) is 59.1 Å². The number of hydrogen-bond donors (Lipinski definition) is 1. The molecule has 0 spiro atoms. The molecule has 0 radical (unpaired) electrons. The third kappa shape index (κ3) is 5.18. The van der Waals surface area contributed by atoms with Crippen LogP contribution in [-0.2, 0) is 16.0 Å². The number of carbonyl (C=O) groups excluding carboxylic acids is 2. The third-order valence-corrected chi connectivity index (χ3v) is 3.95. The number of amides is 1. The van der Waals surface area contributed by atoms with Crippen LogP contribution in [-0.4, -0.2) is 16.9 Å². The minimum absolute atomic E-state index is 0.104. The number of hydrogen-bond acceptors (Lipinski definition) is 5. The Kier molecular flexibility index (Phi) is 5.88. The second-order valence-corrected chi connectivity index (χ2v) is 6.19. The summed E-state index contributed by atoms with van der Waals surface area (Å²) in [5, 5.41) is 3.20. The fourth-order valence-electron chi connectivity index (χ4n) is 2.44. The topological polar surface area (TPSA) is 81.4 Å². The lowest BCUT2D eigenvalue weighted by molar-refractivity contribution is -0.134. The highest BCUT2D eigenvalue weighted by molar-refractivity contribution is 6.33. The fourth-order valence-corrected chi connectivity index (χ4v) is 2.67. The predicted molar refractivity (Wildman–Crippen MR) is 102 cm³/mol. The van der Waals surface area contributed by atoms with Crippen molar-refractivity contribution in [3.63, 3.8) is 0 Å². The average Bonchev–Trinajstić information content (AvgIpc) is 3.09. The Labute approximate surface area is 161 Å². The van der Waals surface area contributed by atoms with E-state index in [4.69, 9.17) is 20.8 Å². The molecule has 0 fully saturated rings. The second kappa shape index (κ2) is 8.51. The number of halogens is 1. The van der Waals surface area contributed by atoms with Gasteiger partial charge >= 0.3 is 5.97 Å². The maximum Gasteiger partial charge on any atom is 0.311 e. The van der Waals surface area contributed by atoms with Crippen LogP contribution in [0.3, 0.4) is 0 Å². The summed E-state index contributed by atoms with van der Waals surface area (Å²) in [5.41, 5.74) is 1.31. The number of nitrogens with zero attached hydrogens (tertiary/aromatic N) is 1. The summed E-state index contributed by atoms with van der Waals surface area (Å²) < 4.78 is 11.0. The molecule has 0 aliphatic carbocycles. The van der Waals surface area contributed by atoms with Crippen molar-refractivity contribution < 1.29 is 18.7 Å². The number of esters is 1. The Morgan fingerprint density at radius 3 is 2.78 bits per heavy atom. The van der Waals surface area contributed by atoms with Crippen molar-refractivity contribution in [1.82, 2.24) is 4.98 Å². The van der Waals surface area contributed by atoms with E-state index < -0.39 is 5.97 Å². The minimum Gasteiger partial charge on any atom is -0.441 e. The first-order valence-electron chi connectivity index (χ1n) is 8.29. The van der Waals surface area contributed by atoms with E-state index in [1.54, 1.807) is 36.5 Å². The lowest BCUT2D eigenvalue weighted by atomic mass is 10.2. The van der Waals surface area contributed by atoms with Gasteiger partial charge in [-0.3, -0.25) is 9.59 Å². The summed E-state index contributed by atoms with van der Waals surface area (Å²) in [6.07, 6.45) is 1.99. The van der Waals surface area contributed by atoms with E-state index >= 15 is 0 Å². The summed E-state index contributed by atoms with van der Waals surface area (Å²) in [4.78, 5) is 27.3. The smallest absolute Gasteiger partial charge is 0.311 e. The Morgan fingerprint density at radius 1 is 1.19 bits per heavy atom. The van der Waals surface area contributed by atoms with Crippen molar-refractivity contribution in [3.05, 3.63) is 65.6 Å². The molecule has 0 aliphatic heterocycles. The van der Waals surface area contributed by atoms with Gasteiger partial charge < -0.3 is 14.5 Å². The number of ether oxygens (including phenoxy) is 1. The van der Waals surface area contributed by atoms with E-state index in [2.05, 4.69) is 10.3 Å². The zero-order chi connectivity index (χ0) is 19.2. The highest BCUT2D eigenvalue weighted by Crippen LogP contribution is 2.28. The summed E-state index contributed by atoms with van der Waals surface area (Å²) in [7, 11) is 0. The van der Waals surface area contributed by atoms with Gasteiger partial charge in [-0.05, 0) is 24.3 Å². The van der Waals surface area contributed by atoms with Gasteiger partial charge in [-0.25, -0.2) is 4.98 Å². The molecular weight excluding hydrogens is 368 g/mol. The van der Waals surface area contributed by atoms with Crippen LogP contribution in [0.4, 0.5) is 5.69 Å². The average molecular weight is 385 g/mol. The summed E-state index contributed by atoms with van der Waals surface area (Å²) in [6, 6.07) is 13.9. The highest BCUT2D eigenvalue weighted by atomic mass is 35.5. The van der Waals surface area contributed by atoms with Crippen LogP contribution in [0.25, 0.3) is 11.3 Å². The Balaban J connectivity index is 1.57. The molecular formula is C20H17ClN2O4. The van der Waals surface area contributed by atoms with E-state index in [0.717, 1.165) is 5.56 Å². The van der Waals surface area contributed by atoms with Crippen molar-refractivity contribution in [2.45, 2.75) is 19.8 Å². The molecule has 1 heterocycles. The van der Waals surface area contributed by atoms with Gasteiger partial charge in [-0.2, -0.15) is 0 Å². The molecule has 6 nitrogen and oxygen atoms in total. The number of carbonyl (C=O) groups is 2. The van der Waals surface area contributed by atoms with E-state index in [1.807, 2.05) is 18.2 Å². The van der Waals surface area contributed by atoms with Crippen molar-refractivity contribution in [3.8, 4) is 17.1 Å². The lowest BCUT2D eigenvalue weighted by Gasteiger charge is -2.06. The number of rotatable bonds is 6. The van der Waals surface area contributed by atoms with E-state index in [-0.39, 0.29) is 12.3 Å². The third-order valence-electron chi connectivity index (χ3n) is 3.62. The van der Waals surface area contributed by atoms with Crippen LogP contribution in [0.1, 0.15) is 19.2 Å². The first-order chi connectivity index (χ1) is 13.0. The number of anilines is 1. The summed E-state index contributed by atoms with van der Waals surface area (Å²) >= 11 is 6.14. The molecule has 7 heteroatoms. The molecule has 2 aromatic carbocycles. The summed E-state index contributed by atoms with van der Waals surface area (Å²) in [5.74, 6) is 0.709. The quantitative estimate of drug-likeness (QED) is 0.500. The van der Waals surface area contributed by atoms with Crippen LogP contribution in [0, 0.1) is 0 Å². The molecule has 0 saturated heterocycles. The van der Waals surface area contributed by atoms with Gasteiger partial charge in [-0.1, -0.05) is 29.8 Å². The highest BCUT2D eigenvalue weighted by Gasteiger charge is 2.12. The number of aryl methyl sites for hydroxylation is 1. The normalized spacial score (nSPS) is 10.4. The maximum atomic E-state index is 12.1. The molecule has 138 valence electrons. The molecule has 0 aliphatic rings. The molecule has 0 bridgehead atoms. The molecule has 27 heavy (non-hydrogen) atoms. The SMILES string of the molecule is CC(=O)Nc1cccc(OC(=O)CCc2ncc(-c3ccccc3Cl)o2)c1. The number of aromatic nitrogens is 1. The zero-order valence-electron chi connectivity index (χ0n) is 14.6. The second-order valence-electron chi connectivity index (χ2n) is 5.78. The Hall–Kier alpha value is -3.12. The first kappa shape index (κ1) is 18.7. The molecule has 0 saturated carbocycles. The van der Waals surface area contributed by atoms with E-state index in [0.29, 0.717) is 34.5 Å².